The zero-order valence-electron chi connectivity index (χ0n) is 17.1. The van der Waals surface area contributed by atoms with Crippen LogP contribution in [0.25, 0.3) is 33.5 Å². The van der Waals surface area contributed by atoms with E-state index in [9.17, 15) is 22.0 Å². The highest BCUT2D eigenvalue weighted by Crippen LogP contribution is 2.35. The van der Waals surface area contributed by atoms with Crippen LogP contribution in [0.3, 0.4) is 0 Å². The van der Waals surface area contributed by atoms with Gasteiger partial charge >= 0.3 is 12.2 Å². The van der Waals surface area contributed by atoms with E-state index in [1.54, 1.807) is 19.1 Å². The number of methoxy groups -OCH3 is 1. The second kappa shape index (κ2) is 7.88. The predicted molar refractivity (Wildman–Crippen MR) is 107 cm³/mol. The molecule has 4 aromatic heterocycles. The van der Waals surface area contributed by atoms with Crippen LogP contribution in [0.2, 0.25) is 0 Å². The van der Waals surface area contributed by atoms with Crippen molar-refractivity contribution in [3.8, 4) is 17.3 Å². The van der Waals surface area contributed by atoms with Gasteiger partial charge in [0.2, 0.25) is 0 Å². The Morgan fingerprint density at radius 3 is 2.56 bits per heavy atom. The molecule has 0 saturated heterocycles. The maximum Gasteiger partial charge on any atom is 0.408 e. The molecule has 0 saturated carbocycles. The summed E-state index contributed by atoms with van der Waals surface area (Å²) in [6.07, 6.45) is -5.61. The number of anilines is 1. The van der Waals surface area contributed by atoms with Gasteiger partial charge in [-0.15, -0.1) is 0 Å². The summed E-state index contributed by atoms with van der Waals surface area (Å²) >= 11 is 0. The van der Waals surface area contributed by atoms with Crippen molar-refractivity contribution < 1.29 is 26.7 Å². The molecule has 4 rings (SSSR count). The van der Waals surface area contributed by atoms with Crippen LogP contribution in [0, 0.1) is 6.92 Å². The van der Waals surface area contributed by atoms with Crippen LogP contribution in [0.1, 0.15) is 12.7 Å². The van der Waals surface area contributed by atoms with Crippen LogP contribution in [0.15, 0.2) is 18.3 Å². The van der Waals surface area contributed by atoms with Gasteiger partial charge in [0.25, 0.3) is 6.43 Å². The third-order valence-electron chi connectivity index (χ3n) is 4.92. The number of hydrogen-bond acceptors (Lipinski definition) is 6. The first-order valence-electron chi connectivity index (χ1n) is 9.47. The van der Waals surface area contributed by atoms with Gasteiger partial charge in [-0.3, -0.25) is 0 Å². The lowest BCUT2D eigenvalue weighted by atomic mass is 10.1. The van der Waals surface area contributed by atoms with Crippen LogP contribution in [-0.2, 0) is 6.54 Å². The summed E-state index contributed by atoms with van der Waals surface area (Å²) in [6.45, 7) is 1.97. The van der Waals surface area contributed by atoms with Crippen LogP contribution >= 0.6 is 0 Å². The van der Waals surface area contributed by atoms with E-state index in [1.807, 2.05) is 0 Å². The Hall–Kier alpha value is -3.51. The standard InChI is InChI=1S/C19H18F5N7O/c1-8(19(22,23)24)26-16-14-10(6-25-15(14)29-18(30-16)32-3)11-4-5-12-17(28-11)31(7-13(20)21)9(2)27-12/h4-6,8,13H,7H2,1-3H3,(H2,25,26,29,30). The van der Waals surface area contributed by atoms with E-state index in [0.717, 1.165) is 6.92 Å². The number of pyridine rings is 1. The molecule has 8 nitrogen and oxygen atoms in total. The molecule has 170 valence electrons. The minimum absolute atomic E-state index is 0.105. The van der Waals surface area contributed by atoms with E-state index in [0.29, 0.717) is 22.6 Å². The first-order chi connectivity index (χ1) is 15.1. The van der Waals surface area contributed by atoms with Crippen molar-refractivity contribution >= 4 is 28.0 Å². The van der Waals surface area contributed by atoms with E-state index < -0.39 is 25.2 Å². The molecule has 0 spiro atoms. The van der Waals surface area contributed by atoms with E-state index in [1.165, 1.54) is 17.9 Å². The van der Waals surface area contributed by atoms with E-state index in [2.05, 4.69) is 30.2 Å². The Labute approximate surface area is 177 Å². The Morgan fingerprint density at radius 2 is 1.91 bits per heavy atom. The lowest BCUT2D eigenvalue weighted by Gasteiger charge is -2.18. The van der Waals surface area contributed by atoms with Gasteiger partial charge in [0.05, 0.1) is 24.7 Å². The molecule has 0 amide bonds. The zero-order valence-corrected chi connectivity index (χ0v) is 17.1. The molecule has 4 heterocycles. The van der Waals surface area contributed by atoms with Crippen LogP contribution < -0.4 is 10.1 Å². The first kappa shape index (κ1) is 21.7. The number of aryl methyl sites for hydroxylation is 1. The number of alkyl halides is 5. The second-order valence-corrected chi connectivity index (χ2v) is 7.09. The van der Waals surface area contributed by atoms with Gasteiger partial charge in [0.1, 0.15) is 28.8 Å². The summed E-state index contributed by atoms with van der Waals surface area (Å²) in [5.74, 6) is 0.269. The summed E-state index contributed by atoms with van der Waals surface area (Å²) in [6, 6.07) is 1.18. The topological polar surface area (TPSA) is 93.5 Å². The normalized spacial score (nSPS) is 13.3. The minimum atomic E-state index is -4.52. The number of imidazole rings is 1. The minimum Gasteiger partial charge on any atom is -0.467 e. The van der Waals surface area contributed by atoms with Gasteiger partial charge in [0.15, 0.2) is 5.65 Å². The molecule has 32 heavy (non-hydrogen) atoms. The van der Waals surface area contributed by atoms with Crippen molar-refractivity contribution in [2.45, 2.75) is 39.0 Å². The van der Waals surface area contributed by atoms with Gasteiger partial charge in [-0.1, -0.05) is 0 Å². The summed E-state index contributed by atoms with van der Waals surface area (Å²) in [4.78, 5) is 19.8. The van der Waals surface area contributed by atoms with Crippen LogP contribution in [0.4, 0.5) is 27.8 Å². The molecule has 0 aliphatic rings. The highest BCUT2D eigenvalue weighted by Gasteiger charge is 2.37. The van der Waals surface area contributed by atoms with Crippen molar-refractivity contribution in [2.75, 3.05) is 12.4 Å². The fraction of sp³-hybridized carbons (Fsp3) is 0.368. The quantitative estimate of drug-likeness (QED) is 0.421. The van der Waals surface area contributed by atoms with Crippen molar-refractivity contribution in [3.05, 3.63) is 24.2 Å². The van der Waals surface area contributed by atoms with Crippen molar-refractivity contribution in [2.24, 2.45) is 0 Å². The number of fused-ring (bicyclic) bond motifs is 2. The third-order valence-corrected chi connectivity index (χ3v) is 4.92. The summed E-state index contributed by atoms with van der Waals surface area (Å²) in [5, 5.41) is 2.61. The average Bonchev–Trinajstić information content (AvgIpc) is 3.28. The van der Waals surface area contributed by atoms with Gasteiger partial charge < -0.3 is 19.6 Å². The van der Waals surface area contributed by atoms with Gasteiger partial charge in [-0.2, -0.15) is 23.1 Å². The second-order valence-electron chi connectivity index (χ2n) is 7.09. The zero-order chi connectivity index (χ0) is 23.2. The third kappa shape index (κ3) is 3.89. The molecule has 0 aliphatic heterocycles. The molecular formula is C19H18F5N7O. The van der Waals surface area contributed by atoms with Gasteiger partial charge in [-0.05, 0) is 26.0 Å². The SMILES string of the molecule is COc1nc(NC(C)C(F)(F)F)c2c(-c3ccc4nc(C)n(CC(F)F)c4n3)c[nH]c2n1. The summed E-state index contributed by atoms with van der Waals surface area (Å²) in [7, 11) is 1.30. The number of hydrogen-bond donors (Lipinski definition) is 2. The smallest absolute Gasteiger partial charge is 0.408 e. The molecule has 0 radical (unpaired) electrons. The van der Waals surface area contributed by atoms with Crippen molar-refractivity contribution in [1.29, 1.82) is 0 Å². The summed E-state index contributed by atoms with van der Waals surface area (Å²) < 4.78 is 71.8. The maximum atomic E-state index is 13.2. The highest BCUT2D eigenvalue weighted by molar-refractivity contribution is 6.01. The number of aromatic amines is 1. The lowest BCUT2D eigenvalue weighted by Crippen LogP contribution is -2.33. The van der Waals surface area contributed by atoms with Crippen LogP contribution in [-0.4, -0.2) is 55.2 Å². The van der Waals surface area contributed by atoms with E-state index >= 15 is 0 Å². The van der Waals surface area contributed by atoms with Crippen molar-refractivity contribution in [3.63, 3.8) is 0 Å². The Morgan fingerprint density at radius 1 is 1.16 bits per heavy atom. The fourth-order valence-corrected chi connectivity index (χ4v) is 3.32. The number of rotatable bonds is 6. The molecule has 2 N–H and O–H groups in total. The lowest BCUT2D eigenvalue weighted by molar-refractivity contribution is -0.138. The molecule has 1 atom stereocenters. The van der Waals surface area contributed by atoms with E-state index in [4.69, 9.17) is 4.74 Å². The number of H-pyrrole nitrogens is 1. The average molecular weight is 455 g/mol. The number of aromatic nitrogens is 6. The first-order valence-corrected chi connectivity index (χ1v) is 9.47. The monoisotopic (exact) mass is 455 g/mol. The fourth-order valence-electron chi connectivity index (χ4n) is 3.32. The maximum absolute atomic E-state index is 13.2. The van der Waals surface area contributed by atoms with Gasteiger partial charge in [0, 0.05) is 11.8 Å². The molecule has 4 aromatic rings. The number of halogens is 5. The molecule has 0 aliphatic carbocycles. The Balaban J connectivity index is 1.88. The van der Waals surface area contributed by atoms with Crippen molar-refractivity contribution in [1.82, 2.24) is 29.5 Å². The molecular weight excluding hydrogens is 437 g/mol. The Bertz CT molecular complexity index is 1280. The molecule has 0 aromatic carbocycles. The molecule has 0 fully saturated rings. The largest absolute Gasteiger partial charge is 0.467 e. The number of nitrogens with zero attached hydrogens (tertiary/aromatic N) is 5. The Kier molecular flexibility index (Phi) is 5.34. The summed E-state index contributed by atoms with van der Waals surface area (Å²) in [5.41, 5.74) is 1.61. The predicted octanol–water partition coefficient (Wildman–Crippen LogP) is 4.31. The van der Waals surface area contributed by atoms with E-state index in [-0.39, 0.29) is 28.5 Å². The van der Waals surface area contributed by atoms with Gasteiger partial charge in [-0.25, -0.2) is 18.7 Å². The number of nitrogens with one attached hydrogen (secondary N) is 2. The molecule has 0 bridgehead atoms. The molecule has 1 unspecified atom stereocenters. The highest BCUT2D eigenvalue weighted by atomic mass is 19.4. The molecule has 13 heteroatoms. The van der Waals surface area contributed by atoms with Crippen LogP contribution in [0.5, 0.6) is 6.01 Å². The number of ether oxygens (including phenoxy) is 1.